The minimum atomic E-state index is 0.321. The van der Waals surface area contributed by atoms with E-state index in [-0.39, 0.29) is 0 Å². The molecule has 0 amide bonds. The highest BCUT2D eigenvalue weighted by Gasteiger charge is 2.11. The first-order chi connectivity index (χ1) is 6.86. The normalized spacial score (nSPS) is 21.9. The molecular weight excluding hydrogens is 240 g/mol. The molecule has 1 atom stereocenters. The number of ether oxygens (including phenoxy) is 1. The van der Waals surface area contributed by atoms with E-state index in [1.165, 1.54) is 12.0 Å². The number of hydrogen-bond donors (Lipinski definition) is 0. The maximum atomic E-state index is 5.51. The van der Waals surface area contributed by atoms with Gasteiger partial charge in [-0.25, -0.2) is 0 Å². The molecule has 1 aliphatic rings. The van der Waals surface area contributed by atoms with Gasteiger partial charge < -0.3 is 4.74 Å². The fourth-order valence-corrected chi connectivity index (χ4v) is 1.99. The molecule has 1 saturated heterocycles. The van der Waals surface area contributed by atoms with Crippen LogP contribution >= 0.6 is 15.9 Å². The van der Waals surface area contributed by atoms with Gasteiger partial charge in [-0.15, -0.1) is 0 Å². The number of benzene rings is 1. The lowest BCUT2D eigenvalue weighted by Gasteiger charge is -2.02. The highest BCUT2D eigenvalue weighted by atomic mass is 79.9. The molecule has 1 unspecified atom stereocenters. The Morgan fingerprint density at radius 3 is 2.93 bits per heavy atom. The SMILES string of the molecule is Brc1ccccc1/C=C/C1CCCO1. The molecule has 74 valence electrons. The van der Waals surface area contributed by atoms with Crippen LogP contribution in [0.1, 0.15) is 18.4 Å². The fourth-order valence-electron chi connectivity index (χ4n) is 1.58. The van der Waals surface area contributed by atoms with E-state index in [4.69, 9.17) is 4.74 Å². The third-order valence-corrected chi connectivity index (χ3v) is 3.08. The zero-order valence-electron chi connectivity index (χ0n) is 7.95. The molecule has 0 aromatic heterocycles. The van der Waals surface area contributed by atoms with E-state index in [2.05, 4.69) is 40.2 Å². The van der Waals surface area contributed by atoms with Crippen molar-refractivity contribution in [3.8, 4) is 0 Å². The molecule has 2 heteroatoms. The second kappa shape index (κ2) is 4.76. The van der Waals surface area contributed by atoms with Gasteiger partial charge in [-0.2, -0.15) is 0 Å². The van der Waals surface area contributed by atoms with Gasteiger partial charge in [-0.3, -0.25) is 0 Å². The number of halogens is 1. The number of rotatable bonds is 2. The van der Waals surface area contributed by atoms with Crippen molar-refractivity contribution in [2.45, 2.75) is 18.9 Å². The molecule has 0 N–H and O–H groups in total. The maximum absolute atomic E-state index is 5.51. The summed E-state index contributed by atoms with van der Waals surface area (Å²) in [4.78, 5) is 0. The summed E-state index contributed by atoms with van der Waals surface area (Å²) in [5.41, 5.74) is 1.21. The molecule has 1 fully saturated rings. The van der Waals surface area contributed by atoms with Gasteiger partial charge >= 0.3 is 0 Å². The summed E-state index contributed by atoms with van der Waals surface area (Å²) in [6, 6.07) is 8.21. The molecule has 0 spiro atoms. The van der Waals surface area contributed by atoms with Crippen LogP contribution in [-0.2, 0) is 4.74 Å². The van der Waals surface area contributed by atoms with Crippen molar-refractivity contribution in [1.82, 2.24) is 0 Å². The smallest absolute Gasteiger partial charge is 0.0759 e. The van der Waals surface area contributed by atoms with E-state index >= 15 is 0 Å². The Morgan fingerprint density at radius 2 is 2.21 bits per heavy atom. The number of hydrogen-bond acceptors (Lipinski definition) is 1. The Morgan fingerprint density at radius 1 is 1.36 bits per heavy atom. The van der Waals surface area contributed by atoms with Gasteiger partial charge in [0, 0.05) is 11.1 Å². The molecular formula is C12H13BrO. The Bertz CT molecular complexity index is 327. The lowest BCUT2D eigenvalue weighted by Crippen LogP contribution is -1.98. The summed E-state index contributed by atoms with van der Waals surface area (Å²) in [7, 11) is 0. The minimum Gasteiger partial charge on any atom is -0.374 e. The van der Waals surface area contributed by atoms with E-state index in [0.717, 1.165) is 17.5 Å². The molecule has 1 aromatic rings. The summed E-state index contributed by atoms with van der Waals surface area (Å²) < 4.78 is 6.65. The first kappa shape index (κ1) is 9.94. The summed E-state index contributed by atoms with van der Waals surface area (Å²) in [5, 5.41) is 0. The summed E-state index contributed by atoms with van der Waals surface area (Å²) >= 11 is 3.51. The average Bonchev–Trinajstić information content (AvgIpc) is 2.69. The van der Waals surface area contributed by atoms with Crippen LogP contribution in [0.4, 0.5) is 0 Å². The van der Waals surface area contributed by atoms with Gasteiger partial charge in [0.05, 0.1) is 6.10 Å². The molecule has 2 rings (SSSR count). The Hall–Kier alpha value is -0.600. The van der Waals surface area contributed by atoms with E-state index in [1.54, 1.807) is 0 Å². The van der Waals surface area contributed by atoms with Gasteiger partial charge in [-0.05, 0) is 24.5 Å². The first-order valence-electron chi connectivity index (χ1n) is 4.90. The van der Waals surface area contributed by atoms with Crippen molar-refractivity contribution < 1.29 is 4.74 Å². The molecule has 1 heterocycles. The van der Waals surface area contributed by atoms with E-state index in [1.807, 2.05) is 12.1 Å². The van der Waals surface area contributed by atoms with Gasteiger partial charge in [-0.1, -0.05) is 46.3 Å². The Labute approximate surface area is 92.9 Å². The maximum Gasteiger partial charge on any atom is 0.0759 e. The molecule has 0 saturated carbocycles. The molecule has 0 bridgehead atoms. The van der Waals surface area contributed by atoms with Crippen molar-refractivity contribution >= 4 is 22.0 Å². The Kier molecular flexibility index (Phi) is 3.38. The van der Waals surface area contributed by atoms with Crippen LogP contribution in [0.2, 0.25) is 0 Å². The van der Waals surface area contributed by atoms with Gasteiger partial charge in [0.25, 0.3) is 0 Å². The molecule has 1 nitrogen and oxygen atoms in total. The third-order valence-electron chi connectivity index (χ3n) is 2.36. The Balaban J connectivity index is 2.06. The average molecular weight is 253 g/mol. The minimum absolute atomic E-state index is 0.321. The van der Waals surface area contributed by atoms with E-state index in [9.17, 15) is 0 Å². The van der Waals surface area contributed by atoms with E-state index in [0.29, 0.717) is 6.10 Å². The lowest BCUT2D eigenvalue weighted by atomic mass is 10.1. The van der Waals surface area contributed by atoms with Crippen molar-refractivity contribution in [2.75, 3.05) is 6.61 Å². The van der Waals surface area contributed by atoms with Gasteiger partial charge in [0.15, 0.2) is 0 Å². The summed E-state index contributed by atoms with van der Waals surface area (Å²) in [6.45, 7) is 0.908. The quantitative estimate of drug-likeness (QED) is 0.781. The molecule has 14 heavy (non-hydrogen) atoms. The highest BCUT2D eigenvalue weighted by molar-refractivity contribution is 9.10. The predicted octanol–water partition coefficient (Wildman–Crippen LogP) is 3.64. The monoisotopic (exact) mass is 252 g/mol. The van der Waals surface area contributed by atoms with Crippen LogP contribution in [0, 0.1) is 0 Å². The third kappa shape index (κ3) is 2.46. The van der Waals surface area contributed by atoms with Crippen molar-refractivity contribution in [3.63, 3.8) is 0 Å². The van der Waals surface area contributed by atoms with E-state index < -0.39 is 0 Å². The van der Waals surface area contributed by atoms with Crippen LogP contribution in [0.3, 0.4) is 0 Å². The van der Waals surface area contributed by atoms with Crippen LogP contribution in [0.15, 0.2) is 34.8 Å². The van der Waals surface area contributed by atoms with Crippen molar-refractivity contribution in [1.29, 1.82) is 0 Å². The molecule has 0 aliphatic carbocycles. The zero-order valence-corrected chi connectivity index (χ0v) is 9.53. The first-order valence-corrected chi connectivity index (χ1v) is 5.70. The van der Waals surface area contributed by atoms with Crippen molar-refractivity contribution in [3.05, 3.63) is 40.4 Å². The predicted molar refractivity (Wildman–Crippen MR) is 62.2 cm³/mol. The summed E-state index contributed by atoms with van der Waals surface area (Å²) in [6.07, 6.45) is 6.93. The van der Waals surface area contributed by atoms with Gasteiger partial charge in [0.2, 0.25) is 0 Å². The van der Waals surface area contributed by atoms with Crippen LogP contribution < -0.4 is 0 Å². The van der Waals surface area contributed by atoms with Crippen molar-refractivity contribution in [2.24, 2.45) is 0 Å². The summed E-state index contributed by atoms with van der Waals surface area (Å²) in [5.74, 6) is 0. The molecule has 0 radical (unpaired) electrons. The van der Waals surface area contributed by atoms with Crippen LogP contribution in [-0.4, -0.2) is 12.7 Å². The second-order valence-corrected chi connectivity index (χ2v) is 4.29. The van der Waals surface area contributed by atoms with Crippen LogP contribution in [0.5, 0.6) is 0 Å². The topological polar surface area (TPSA) is 9.23 Å². The zero-order chi connectivity index (χ0) is 9.80. The fraction of sp³-hybridized carbons (Fsp3) is 0.333. The van der Waals surface area contributed by atoms with Gasteiger partial charge in [0.1, 0.15) is 0 Å². The highest BCUT2D eigenvalue weighted by Crippen LogP contribution is 2.19. The standard InChI is InChI=1S/C12H13BrO/c13-12-6-2-1-4-10(12)7-8-11-5-3-9-14-11/h1-2,4,6-8,11H,3,5,9H2/b8-7+. The molecule has 1 aliphatic heterocycles. The lowest BCUT2D eigenvalue weighted by molar-refractivity contribution is 0.146. The molecule has 1 aromatic carbocycles. The van der Waals surface area contributed by atoms with Crippen LogP contribution in [0.25, 0.3) is 6.08 Å². The largest absolute Gasteiger partial charge is 0.374 e. The second-order valence-electron chi connectivity index (χ2n) is 3.43.